The van der Waals surface area contributed by atoms with Gasteiger partial charge in [-0.25, -0.2) is 0 Å². The molecule has 1 heterocycles. The van der Waals surface area contributed by atoms with Gasteiger partial charge in [0.05, 0.1) is 6.67 Å². The Hall–Kier alpha value is -0.466. The van der Waals surface area contributed by atoms with Gasteiger partial charge < -0.3 is 36.4 Å². The van der Waals surface area contributed by atoms with Crippen LogP contribution in [0.4, 0.5) is 0 Å². The van der Waals surface area contributed by atoms with Crippen LogP contribution in [-0.4, -0.2) is 89.8 Å². The molecule has 25 heavy (non-hydrogen) atoms. The number of hydrogen-bond acceptors (Lipinski definition) is 8. The van der Waals surface area contributed by atoms with Gasteiger partial charge in [0, 0.05) is 80.2 Å². The van der Waals surface area contributed by atoms with Gasteiger partial charge in [-0.15, -0.1) is 0 Å². The number of hydrogen-bond donors (Lipinski definition) is 0. The average molecular weight is 395 g/mol. The lowest BCUT2D eigenvalue weighted by atomic mass is 10.4. The van der Waals surface area contributed by atoms with E-state index in [2.05, 4.69) is 22.2 Å². The SMILES string of the molecule is CO[Si](CCCN1C=CN(CCC[Si](OC)(OC)OC)C1)(OC)OC. The minimum Gasteiger partial charge on any atom is -0.377 e. The molecule has 0 fully saturated rings. The van der Waals surface area contributed by atoms with Crippen molar-refractivity contribution in [2.75, 3.05) is 62.4 Å². The molecule has 0 radical (unpaired) electrons. The van der Waals surface area contributed by atoms with Crippen LogP contribution in [0.1, 0.15) is 12.8 Å². The highest BCUT2D eigenvalue weighted by atomic mass is 28.4. The predicted octanol–water partition coefficient (Wildman–Crippen LogP) is 1.57. The van der Waals surface area contributed by atoms with Crippen LogP contribution in [0.15, 0.2) is 12.4 Å². The van der Waals surface area contributed by atoms with Crippen LogP contribution in [0.3, 0.4) is 0 Å². The van der Waals surface area contributed by atoms with E-state index in [1.807, 2.05) is 0 Å². The van der Waals surface area contributed by atoms with Crippen molar-refractivity contribution in [3.05, 3.63) is 12.4 Å². The Balaban J connectivity index is 2.27. The van der Waals surface area contributed by atoms with E-state index in [4.69, 9.17) is 26.6 Å². The first-order chi connectivity index (χ1) is 12.0. The van der Waals surface area contributed by atoms with Gasteiger partial charge in [-0.1, -0.05) is 0 Å². The summed E-state index contributed by atoms with van der Waals surface area (Å²) in [5, 5.41) is 0. The Morgan fingerprint density at radius 2 is 0.960 bits per heavy atom. The van der Waals surface area contributed by atoms with Gasteiger partial charge in [-0.05, 0) is 12.8 Å². The first kappa shape index (κ1) is 22.6. The molecule has 0 spiro atoms. The smallest absolute Gasteiger partial charge is 0.377 e. The minimum absolute atomic E-state index is 0.810. The molecule has 10 heteroatoms. The van der Waals surface area contributed by atoms with E-state index >= 15 is 0 Å². The summed E-state index contributed by atoms with van der Waals surface area (Å²) in [6.07, 6.45) is 6.19. The Morgan fingerprint density at radius 3 is 1.24 bits per heavy atom. The third-order valence-electron chi connectivity index (χ3n) is 4.57. The maximum atomic E-state index is 5.45. The average Bonchev–Trinajstić information content (AvgIpc) is 3.11. The maximum absolute atomic E-state index is 5.45. The molecule has 148 valence electrons. The van der Waals surface area contributed by atoms with Crippen molar-refractivity contribution < 1.29 is 26.6 Å². The summed E-state index contributed by atoms with van der Waals surface area (Å²) in [6, 6.07) is 1.62. The zero-order valence-corrected chi connectivity index (χ0v) is 18.4. The van der Waals surface area contributed by atoms with Gasteiger partial charge in [-0.2, -0.15) is 0 Å². The fourth-order valence-electron chi connectivity index (χ4n) is 2.92. The highest BCUT2D eigenvalue weighted by Crippen LogP contribution is 2.18. The molecular formula is C15H34N2O6Si2. The quantitative estimate of drug-likeness (QED) is 0.412. The van der Waals surface area contributed by atoms with E-state index in [0.29, 0.717) is 0 Å². The molecule has 0 saturated carbocycles. The van der Waals surface area contributed by atoms with Crippen molar-refractivity contribution in [3.8, 4) is 0 Å². The molecule has 0 atom stereocenters. The van der Waals surface area contributed by atoms with Gasteiger partial charge in [0.15, 0.2) is 0 Å². The zero-order valence-electron chi connectivity index (χ0n) is 16.4. The summed E-state index contributed by atoms with van der Waals surface area (Å²) in [5.74, 6) is 0. The van der Waals surface area contributed by atoms with Crippen LogP contribution in [0.2, 0.25) is 12.1 Å². The molecule has 1 aliphatic heterocycles. The third kappa shape index (κ3) is 6.64. The second-order valence-corrected chi connectivity index (χ2v) is 12.0. The summed E-state index contributed by atoms with van der Waals surface area (Å²) in [5.41, 5.74) is 0. The van der Waals surface area contributed by atoms with E-state index < -0.39 is 17.6 Å². The molecule has 0 aromatic carbocycles. The van der Waals surface area contributed by atoms with E-state index in [1.165, 1.54) is 0 Å². The van der Waals surface area contributed by atoms with Gasteiger partial charge in [-0.3, -0.25) is 0 Å². The normalized spacial score (nSPS) is 15.4. The lowest BCUT2D eigenvalue weighted by molar-refractivity contribution is 0.121. The monoisotopic (exact) mass is 394 g/mol. The standard InChI is InChI=1S/C15H34N2O6Si2/c1-18-24(19-2,20-3)13-7-9-16-11-12-17(15-16)10-8-14-25(21-4,22-5)23-6/h11-12H,7-10,13-15H2,1-6H3. The van der Waals surface area contributed by atoms with Gasteiger partial charge in [0.25, 0.3) is 0 Å². The van der Waals surface area contributed by atoms with Crippen LogP contribution in [0, 0.1) is 0 Å². The minimum atomic E-state index is -2.46. The first-order valence-corrected chi connectivity index (χ1v) is 12.4. The summed E-state index contributed by atoms with van der Waals surface area (Å²) in [7, 11) is 4.99. The van der Waals surface area contributed by atoms with Crippen LogP contribution in [0.25, 0.3) is 0 Å². The van der Waals surface area contributed by atoms with Crippen molar-refractivity contribution in [1.29, 1.82) is 0 Å². The van der Waals surface area contributed by atoms with Crippen LogP contribution >= 0.6 is 0 Å². The predicted molar refractivity (Wildman–Crippen MR) is 99.8 cm³/mol. The summed E-state index contributed by atoms with van der Waals surface area (Å²) in [6.45, 7) is 2.79. The number of rotatable bonds is 14. The molecule has 0 N–H and O–H groups in total. The van der Waals surface area contributed by atoms with Gasteiger partial charge >= 0.3 is 17.6 Å². The maximum Gasteiger partial charge on any atom is 0.500 e. The number of nitrogens with zero attached hydrogens (tertiary/aromatic N) is 2. The zero-order chi connectivity index (χ0) is 18.8. The topological polar surface area (TPSA) is 61.9 Å². The van der Waals surface area contributed by atoms with Gasteiger partial charge in [0.1, 0.15) is 0 Å². The molecule has 0 aromatic heterocycles. The second kappa shape index (κ2) is 11.3. The lowest BCUT2D eigenvalue weighted by Gasteiger charge is -2.27. The molecule has 0 aliphatic carbocycles. The highest BCUT2D eigenvalue weighted by molar-refractivity contribution is 6.60. The van der Waals surface area contributed by atoms with E-state index in [0.717, 1.165) is 44.7 Å². The molecule has 0 amide bonds. The summed E-state index contributed by atoms with van der Waals surface area (Å²) >= 11 is 0. The molecule has 0 aromatic rings. The Bertz CT molecular complexity index is 344. The van der Waals surface area contributed by atoms with Crippen molar-refractivity contribution in [1.82, 2.24) is 9.80 Å². The Labute approximate surface area is 154 Å². The fourth-order valence-corrected chi connectivity index (χ4v) is 6.32. The summed E-state index contributed by atoms with van der Waals surface area (Å²) in [4.78, 5) is 4.57. The van der Waals surface area contributed by atoms with Gasteiger partial charge in [0.2, 0.25) is 0 Å². The van der Waals surface area contributed by atoms with E-state index in [-0.39, 0.29) is 0 Å². The van der Waals surface area contributed by atoms with Crippen molar-refractivity contribution in [2.24, 2.45) is 0 Å². The van der Waals surface area contributed by atoms with Crippen molar-refractivity contribution >= 4 is 17.6 Å². The van der Waals surface area contributed by atoms with E-state index in [9.17, 15) is 0 Å². The van der Waals surface area contributed by atoms with Crippen molar-refractivity contribution in [2.45, 2.75) is 24.9 Å². The molecule has 1 rings (SSSR count). The second-order valence-electron chi connectivity index (χ2n) is 5.86. The van der Waals surface area contributed by atoms with Crippen LogP contribution in [-0.2, 0) is 26.6 Å². The first-order valence-electron chi connectivity index (χ1n) is 8.50. The third-order valence-corrected chi connectivity index (χ3v) is 10.2. The Morgan fingerprint density at radius 1 is 0.640 bits per heavy atom. The Kier molecular flexibility index (Phi) is 10.2. The highest BCUT2D eigenvalue weighted by Gasteiger charge is 2.38. The van der Waals surface area contributed by atoms with Crippen LogP contribution < -0.4 is 0 Å². The van der Waals surface area contributed by atoms with Crippen molar-refractivity contribution in [3.63, 3.8) is 0 Å². The van der Waals surface area contributed by atoms with Crippen LogP contribution in [0.5, 0.6) is 0 Å². The molecule has 0 unspecified atom stereocenters. The molecule has 8 nitrogen and oxygen atoms in total. The lowest BCUT2D eigenvalue weighted by Crippen LogP contribution is -2.43. The largest absolute Gasteiger partial charge is 0.500 e. The molecule has 0 saturated heterocycles. The molecular weight excluding hydrogens is 360 g/mol. The van der Waals surface area contributed by atoms with E-state index in [1.54, 1.807) is 42.7 Å². The summed E-state index contributed by atoms with van der Waals surface area (Å²) < 4.78 is 32.7. The molecule has 1 aliphatic rings. The fraction of sp³-hybridized carbons (Fsp3) is 0.867. The molecule has 0 bridgehead atoms.